The number of carbonyl (C=O) groups excluding carboxylic acids is 2. The number of anilines is 1. The normalized spacial score (nSPS) is 33.9. The summed E-state index contributed by atoms with van der Waals surface area (Å²) in [6.45, 7) is 1.67. The van der Waals surface area contributed by atoms with E-state index in [2.05, 4.69) is 0 Å². The predicted octanol–water partition coefficient (Wildman–Crippen LogP) is 2.77. The summed E-state index contributed by atoms with van der Waals surface area (Å²) in [6.07, 6.45) is -2.08. The minimum absolute atomic E-state index is 0.0484. The van der Waals surface area contributed by atoms with Crippen molar-refractivity contribution in [3.63, 3.8) is 0 Å². The molecule has 1 N–H and O–H groups in total. The monoisotopic (exact) mass is 351 g/mol. The van der Waals surface area contributed by atoms with E-state index in [-0.39, 0.29) is 18.2 Å². The number of hydrogen-bond acceptors (Lipinski definition) is 3. The summed E-state index contributed by atoms with van der Waals surface area (Å²) >= 11 is 0. The maximum absolute atomic E-state index is 12.9. The van der Waals surface area contributed by atoms with Gasteiger partial charge in [0.25, 0.3) is 0 Å². The maximum Gasteiger partial charge on any atom is 0.416 e. The van der Waals surface area contributed by atoms with Gasteiger partial charge in [-0.05, 0) is 36.1 Å². The third kappa shape index (κ3) is 2.05. The van der Waals surface area contributed by atoms with Crippen molar-refractivity contribution in [3.05, 3.63) is 41.5 Å². The number of carbonyl (C=O) groups is 2. The molecule has 0 radical (unpaired) electrons. The Balaban J connectivity index is 1.74. The van der Waals surface area contributed by atoms with Crippen LogP contribution in [-0.2, 0) is 15.8 Å². The summed E-state index contributed by atoms with van der Waals surface area (Å²) in [5.41, 5.74) is -0.808. The highest BCUT2D eigenvalue weighted by atomic mass is 19.4. The fraction of sp³-hybridized carbons (Fsp3) is 0.444. The van der Waals surface area contributed by atoms with Crippen LogP contribution in [0.2, 0.25) is 0 Å². The molecule has 1 saturated carbocycles. The van der Waals surface area contributed by atoms with E-state index >= 15 is 0 Å². The molecule has 2 fully saturated rings. The van der Waals surface area contributed by atoms with Crippen molar-refractivity contribution in [2.45, 2.75) is 19.5 Å². The molecule has 4 atom stereocenters. The lowest BCUT2D eigenvalue weighted by Crippen LogP contribution is -2.36. The molecule has 1 aromatic rings. The number of nitrogens with zero attached hydrogens (tertiary/aromatic N) is 1. The lowest BCUT2D eigenvalue weighted by atomic mass is 9.71. The van der Waals surface area contributed by atoms with Gasteiger partial charge >= 0.3 is 6.18 Å². The van der Waals surface area contributed by atoms with Crippen molar-refractivity contribution < 1.29 is 27.9 Å². The van der Waals surface area contributed by atoms with Crippen molar-refractivity contribution in [3.8, 4) is 0 Å². The van der Waals surface area contributed by atoms with E-state index in [1.807, 2.05) is 13.0 Å². The Kier molecular flexibility index (Phi) is 3.23. The SMILES string of the molecule is CC12CC(C=C1CO)C1C(=O)N(c3cccc(C(F)(F)F)c3)C(=O)[C@@H]12. The summed E-state index contributed by atoms with van der Waals surface area (Å²) in [4.78, 5) is 26.6. The number of alkyl halides is 3. The average molecular weight is 351 g/mol. The quantitative estimate of drug-likeness (QED) is 0.658. The highest BCUT2D eigenvalue weighted by Gasteiger charge is 2.66. The third-order valence-corrected chi connectivity index (χ3v) is 5.91. The molecule has 25 heavy (non-hydrogen) atoms. The number of aliphatic hydroxyl groups is 1. The molecule has 2 amide bonds. The fourth-order valence-electron chi connectivity index (χ4n) is 4.79. The van der Waals surface area contributed by atoms with Gasteiger partial charge in [0.2, 0.25) is 11.8 Å². The van der Waals surface area contributed by atoms with E-state index in [1.54, 1.807) is 0 Å². The molecular formula is C18H16F3NO3. The Hall–Kier alpha value is -2.15. The summed E-state index contributed by atoms with van der Waals surface area (Å²) < 4.78 is 38.8. The second-order valence-corrected chi connectivity index (χ2v) is 7.20. The Morgan fingerprint density at radius 3 is 2.64 bits per heavy atom. The smallest absolute Gasteiger partial charge is 0.392 e. The highest BCUT2D eigenvalue weighted by molar-refractivity contribution is 6.23. The van der Waals surface area contributed by atoms with Crippen LogP contribution in [0.25, 0.3) is 0 Å². The minimum Gasteiger partial charge on any atom is -0.392 e. The number of hydrogen-bond donors (Lipinski definition) is 1. The van der Waals surface area contributed by atoms with E-state index < -0.39 is 40.8 Å². The van der Waals surface area contributed by atoms with Crippen molar-refractivity contribution in [2.24, 2.45) is 23.2 Å². The Labute approximate surface area is 141 Å². The molecule has 1 heterocycles. The number of rotatable bonds is 2. The topological polar surface area (TPSA) is 57.6 Å². The molecule has 4 rings (SSSR count). The van der Waals surface area contributed by atoms with Gasteiger partial charge in [-0.25, -0.2) is 4.90 Å². The van der Waals surface area contributed by atoms with Crippen LogP contribution < -0.4 is 4.90 Å². The number of benzene rings is 1. The molecule has 1 aliphatic heterocycles. The second-order valence-electron chi connectivity index (χ2n) is 7.20. The molecule has 0 aromatic heterocycles. The van der Waals surface area contributed by atoms with E-state index in [4.69, 9.17) is 0 Å². The van der Waals surface area contributed by atoms with Crippen LogP contribution in [0.15, 0.2) is 35.9 Å². The number of fused-ring (bicyclic) bond motifs is 5. The Morgan fingerprint density at radius 2 is 2.00 bits per heavy atom. The molecule has 0 spiro atoms. The van der Waals surface area contributed by atoms with Crippen molar-refractivity contribution >= 4 is 17.5 Å². The lowest BCUT2D eigenvalue weighted by molar-refractivity contribution is -0.137. The zero-order valence-corrected chi connectivity index (χ0v) is 13.4. The van der Waals surface area contributed by atoms with Gasteiger partial charge in [0.1, 0.15) is 0 Å². The summed E-state index contributed by atoms with van der Waals surface area (Å²) in [5.74, 6) is -2.24. The van der Waals surface area contributed by atoms with Crippen LogP contribution in [0.3, 0.4) is 0 Å². The first-order chi connectivity index (χ1) is 11.7. The highest BCUT2D eigenvalue weighted by Crippen LogP contribution is 2.63. The molecule has 1 saturated heterocycles. The van der Waals surface area contributed by atoms with Crippen LogP contribution in [0.1, 0.15) is 18.9 Å². The number of aliphatic hydroxyl groups excluding tert-OH is 1. The van der Waals surface area contributed by atoms with Gasteiger partial charge < -0.3 is 5.11 Å². The number of imide groups is 1. The standard InChI is InChI=1S/C18H16F3NO3/c1-17-7-9(5-11(17)8-23)13-14(17)16(25)22(15(13)24)12-4-2-3-10(6-12)18(19,20)21/h2-6,9,13-14,23H,7-8H2,1H3/t9?,13?,14-,17?/m1/s1. The summed E-state index contributed by atoms with van der Waals surface area (Å²) in [5, 5.41) is 9.53. The maximum atomic E-state index is 12.9. The molecule has 7 heteroatoms. The van der Waals surface area contributed by atoms with Crippen molar-refractivity contribution in [1.29, 1.82) is 0 Å². The molecule has 2 aliphatic carbocycles. The molecule has 3 unspecified atom stereocenters. The number of amides is 2. The molecule has 132 valence electrons. The zero-order chi connectivity index (χ0) is 18.1. The largest absolute Gasteiger partial charge is 0.416 e. The number of halogens is 3. The van der Waals surface area contributed by atoms with Gasteiger partial charge in [0.15, 0.2) is 0 Å². The Bertz CT molecular complexity index is 816. The van der Waals surface area contributed by atoms with Crippen LogP contribution in [0, 0.1) is 23.2 Å². The van der Waals surface area contributed by atoms with E-state index in [0.717, 1.165) is 22.6 Å². The number of allylic oxidation sites excluding steroid dienone is 1. The third-order valence-electron chi connectivity index (χ3n) is 5.91. The molecule has 2 bridgehead atoms. The lowest BCUT2D eigenvalue weighted by Gasteiger charge is -2.31. The van der Waals surface area contributed by atoms with Gasteiger partial charge in [-0.3, -0.25) is 9.59 Å². The molecular weight excluding hydrogens is 335 g/mol. The van der Waals surface area contributed by atoms with Gasteiger partial charge in [0, 0.05) is 5.41 Å². The second kappa shape index (κ2) is 4.94. The summed E-state index contributed by atoms with van der Waals surface area (Å²) in [7, 11) is 0. The van der Waals surface area contributed by atoms with Gasteiger partial charge in [-0.15, -0.1) is 0 Å². The van der Waals surface area contributed by atoms with Crippen LogP contribution in [0.5, 0.6) is 0 Å². The van der Waals surface area contributed by atoms with E-state index in [1.165, 1.54) is 12.1 Å². The van der Waals surface area contributed by atoms with Gasteiger partial charge in [0.05, 0.1) is 29.7 Å². The average Bonchev–Trinajstić information content (AvgIpc) is 3.12. The predicted molar refractivity (Wildman–Crippen MR) is 82.3 cm³/mol. The first kappa shape index (κ1) is 16.3. The molecule has 4 nitrogen and oxygen atoms in total. The van der Waals surface area contributed by atoms with Crippen LogP contribution in [0.4, 0.5) is 18.9 Å². The first-order valence-electron chi connectivity index (χ1n) is 8.05. The van der Waals surface area contributed by atoms with Gasteiger partial charge in [-0.1, -0.05) is 19.1 Å². The van der Waals surface area contributed by atoms with Crippen molar-refractivity contribution in [2.75, 3.05) is 11.5 Å². The first-order valence-corrected chi connectivity index (χ1v) is 8.05. The fourth-order valence-corrected chi connectivity index (χ4v) is 4.79. The van der Waals surface area contributed by atoms with Gasteiger partial charge in [-0.2, -0.15) is 13.2 Å². The zero-order valence-electron chi connectivity index (χ0n) is 13.4. The van der Waals surface area contributed by atoms with E-state index in [0.29, 0.717) is 6.42 Å². The molecule has 3 aliphatic rings. The van der Waals surface area contributed by atoms with Crippen LogP contribution >= 0.6 is 0 Å². The van der Waals surface area contributed by atoms with E-state index in [9.17, 15) is 27.9 Å². The Morgan fingerprint density at radius 1 is 1.28 bits per heavy atom. The summed E-state index contributed by atoms with van der Waals surface area (Å²) in [6, 6.07) is 4.28. The minimum atomic E-state index is -4.55. The van der Waals surface area contributed by atoms with Crippen molar-refractivity contribution in [1.82, 2.24) is 0 Å². The molecule has 1 aromatic carbocycles. The van der Waals surface area contributed by atoms with Crippen LogP contribution in [-0.4, -0.2) is 23.5 Å².